The Morgan fingerprint density at radius 2 is 2.11 bits per heavy atom. The number of carbonyl (C=O) groups excluding carboxylic acids is 1. The number of likely N-dealkylation sites (N-methyl/N-ethyl adjacent to an activating group) is 1. The number of aliphatic hydroxyl groups is 1. The van der Waals surface area contributed by atoms with Crippen LogP contribution in [-0.4, -0.2) is 52.9 Å². The van der Waals surface area contributed by atoms with Gasteiger partial charge in [-0.25, -0.2) is 4.79 Å². The molecule has 1 aliphatic carbocycles. The molecule has 6 heteroatoms. The molecule has 0 aliphatic heterocycles. The summed E-state index contributed by atoms with van der Waals surface area (Å²) in [7, 11) is 0. The highest BCUT2D eigenvalue weighted by atomic mass is 16.4. The predicted octanol–water partition coefficient (Wildman–Crippen LogP) is 0.654. The summed E-state index contributed by atoms with van der Waals surface area (Å²) >= 11 is 0. The maximum absolute atomic E-state index is 11.9. The van der Waals surface area contributed by atoms with Crippen molar-refractivity contribution < 1.29 is 19.8 Å². The normalized spacial score (nSPS) is 23.4. The van der Waals surface area contributed by atoms with Gasteiger partial charge >= 0.3 is 12.0 Å². The third-order valence-corrected chi connectivity index (χ3v) is 3.39. The summed E-state index contributed by atoms with van der Waals surface area (Å²) in [5.41, 5.74) is 0. The molecule has 2 amide bonds. The van der Waals surface area contributed by atoms with E-state index < -0.39 is 5.97 Å². The Bertz CT molecular complexity index is 296. The second kappa shape index (κ2) is 7.20. The molecule has 2 unspecified atom stereocenters. The van der Waals surface area contributed by atoms with Gasteiger partial charge in [0.15, 0.2) is 0 Å². The zero-order valence-corrected chi connectivity index (χ0v) is 10.8. The van der Waals surface area contributed by atoms with E-state index in [1.54, 1.807) is 0 Å². The summed E-state index contributed by atoms with van der Waals surface area (Å²) in [6.07, 6.45) is 2.84. The topological polar surface area (TPSA) is 89.9 Å². The largest absolute Gasteiger partial charge is 0.481 e. The predicted molar refractivity (Wildman–Crippen MR) is 66.2 cm³/mol. The smallest absolute Gasteiger partial charge is 0.317 e. The van der Waals surface area contributed by atoms with Gasteiger partial charge in [0.1, 0.15) is 0 Å². The summed E-state index contributed by atoms with van der Waals surface area (Å²) in [4.78, 5) is 24.3. The average Bonchev–Trinajstić information content (AvgIpc) is 2.36. The second-order valence-corrected chi connectivity index (χ2v) is 4.65. The van der Waals surface area contributed by atoms with Gasteiger partial charge in [0.25, 0.3) is 0 Å². The third kappa shape index (κ3) is 4.18. The Balaban J connectivity index is 2.45. The van der Waals surface area contributed by atoms with Crippen LogP contribution in [-0.2, 0) is 4.79 Å². The van der Waals surface area contributed by atoms with E-state index in [0.717, 1.165) is 12.8 Å². The molecule has 1 aliphatic rings. The lowest BCUT2D eigenvalue weighted by Crippen LogP contribution is -2.47. The van der Waals surface area contributed by atoms with Crippen LogP contribution in [0.25, 0.3) is 0 Å². The summed E-state index contributed by atoms with van der Waals surface area (Å²) in [6, 6.07) is -0.289. The van der Waals surface area contributed by atoms with Crippen molar-refractivity contribution in [2.75, 3.05) is 19.7 Å². The first-order valence-corrected chi connectivity index (χ1v) is 6.47. The number of rotatable bonds is 5. The quantitative estimate of drug-likeness (QED) is 0.675. The molecular weight excluding hydrogens is 236 g/mol. The lowest BCUT2D eigenvalue weighted by atomic mass is 9.86. The van der Waals surface area contributed by atoms with Crippen molar-refractivity contribution in [1.29, 1.82) is 0 Å². The Labute approximate surface area is 107 Å². The van der Waals surface area contributed by atoms with Gasteiger partial charge in [-0.15, -0.1) is 0 Å². The van der Waals surface area contributed by atoms with Crippen molar-refractivity contribution in [1.82, 2.24) is 10.2 Å². The molecule has 3 N–H and O–H groups in total. The fraction of sp³-hybridized carbons (Fsp3) is 0.833. The Kier molecular flexibility index (Phi) is 5.91. The number of aliphatic hydroxyl groups excluding tert-OH is 1. The van der Waals surface area contributed by atoms with Crippen LogP contribution in [0.3, 0.4) is 0 Å². The number of urea groups is 1. The monoisotopic (exact) mass is 258 g/mol. The van der Waals surface area contributed by atoms with E-state index >= 15 is 0 Å². The van der Waals surface area contributed by atoms with Gasteiger partial charge in [0, 0.05) is 19.1 Å². The van der Waals surface area contributed by atoms with Crippen molar-refractivity contribution >= 4 is 12.0 Å². The Morgan fingerprint density at radius 1 is 1.39 bits per heavy atom. The minimum atomic E-state index is -0.781. The molecule has 0 aromatic carbocycles. The minimum absolute atomic E-state index is 0.0658. The van der Waals surface area contributed by atoms with Crippen LogP contribution >= 0.6 is 0 Å². The molecule has 0 aromatic heterocycles. The van der Waals surface area contributed by atoms with E-state index in [2.05, 4.69) is 5.32 Å². The Hall–Kier alpha value is -1.30. The minimum Gasteiger partial charge on any atom is -0.481 e. The van der Waals surface area contributed by atoms with Crippen LogP contribution in [0.15, 0.2) is 0 Å². The van der Waals surface area contributed by atoms with Crippen molar-refractivity contribution in [2.45, 2.75) is 38.6 Å². The number of carboxylic acid groups (broad SMARTS) is 1. The van der Waals surface area contributed by atoms with Crippen molar-refractivity contribution in [3.63, 3.8) is 0 Å². The number of carbonyl (C=O) groups is 2. The first kappa shape index (κ1) is 14.8. The lowest BCUT2D eigenvalue weighted by molar-refractivity contribution is -0.143. The van der Waals surface area contributed by atoms with Crippen LogP contribution in [0.4, 0.5) is 4.79 Å². The molecule has 0 radical (unpaired) electrons. The second-order valence-electron chi connectivity index (χ2n) is 4.65. The van der Waals surface area contributed by atoms with Crippen LogP contribution in [0, 0.1) is 5.92 Å². The third-order valence-electron chi connectivity index (χ3n) is 3.39. The van der Waals surface area contributed by atoms with E-state index in [4.69, 9.17) is 10.2 Å². The van der Waals surface area contributed by atoms with E-state index in [-0.39, 0.29) is 24.6 Å². The molecular formula is C12H22N2O4. The van der Waals surface area contributed by atoms with Gasteiger partial charge in [-0.3, -0.25) is 4.79 Å². The van der Waals surface area contributed by atoms with Gasteiger partial charge in [-0.2, -0.15) is 0 Å². The van der Waals surface area contributed by atoms with Crippen molar-refractivity contribution in [3.05, 3.63) is 0 Å². The molecule has 104 valence electrons. The van der Waals surface area contributed by atoms with Gasteiger partial charge in [0.2, 0.25) is 0 Å². The van der Waals surface area contributed by atoms with Crippen molar-refractivity contribution in [3.8, 4) is 0 Å². The SMILES string of the molecule is CCN(CCO)C(=O)NC1CCCC(C(=O)O)C1. The van der Waals surface area contributed by atoms with Crippen LogP contribution < -0.4 is 5.32 Å². The number of hydrogen-bond donors (Lipinski definition) is 3. The molecule has 1 saturated carbocycles. The summed E-state index contributed by atoms with van der Waals surface area (Å²) in [5, 5.41) is 20.7. The molecule has 18 heavy (non-hydrogen) atoms. The van der Waals surface area contributed by atoms with E-state index in [1.165, 1.54) is 4.90 Å². The average molecular weight is 258 g/mol. The summed E-state index contributed by atoms with van der Waals surface area (Å²) in [5.74, 6) is -1.13. The molecule has 0 spiro atoms. The highest BCUT2D eigenvalue weighted by Gasteiger charge is 2.28. The molecule has 1 rings (SSSR count). The van der Waals surface area contributed by atoms with E-state index in [9.17, 15) is 9.59 Å². The number of amides is 2. The van der Waals surface area contributed by atoms with Gasteiger partial charge in [-0.1, -0.05) is 6.42 Å². The lowest BCUT2D eigenvalue weighted by Gasteiger charge is -2.30. The highest BCUT2D eigenvalue weighted by molar-refractivity contribution is 5.75. The number of aliphatic carboxylic acids is 1. The zero-order valence-electron chi connectivity index (χ0n) is 10.8. The summed E-state index contributed by atoms with van der Waals surface area (Å²) in [6.45, 7) is 2.61. The number of nitrogens with one attached hydrogen (secondary N) is 1. The summed E-state index contributed by atoms with van der Waals surface area (Å²) < 4.78 is 0. The Morgan fingerprint density at radius 3 is 2.67 bits per heavy atom. The van der Waals surface area contributed by atoms with Crippen LogP contribution in [0.5, 0.6) is 0 Å². The number of nitrogens with zero attached hydrogens (tertiary/aromatic N) is 1. The molecule has 0 bridgehead atoms. The van der Waals surface area contributed by atoms with E-state index in [1.807, 2.05) is 6.92 Å². The van der Waals surface area contributed by atoms with Crippen LogP contribution in [0.1, 0.15) is 32.6 Å². The number of carboxylic acids is 1. The molecule has 0 saturated heterocycles. The van der Waals surface area contributed by atoms with Crippen LogP contribution in [0.2, 0.25) is 0 Å². The van der Waals surface area contributed by atoms with Gasteiger partial charge in [0.05, 0.1) is 12.5 Å². The first-order valence-electron chi connectivity index (χ1n) is 6.47. The first-order chi connectivity index (χ1) is 8.58. The van der Waals surface area contributed by atoms with Crippen molar-refractivity contribution in [2.24, 2.45) is 5.92 Å². The standard InChI is InChI=1S/C12H22N2O4/c1-2-14(6-7-15)12(18)13-10-5-3-4-9(8-10)11(16)17/h9-10,15H,2-8H2,1H3,(H,13,18)(H,16,17). The maximum Gasteiger partial charge on any atom is 0.317 e. The zero-order chi connectivity index (χ0) is 13.5. The fourth-order valence-corrected chi connectivity index (χ4v) is 2.34. The molecule has 1 fully saturated rings. The fourth-order valence-electron chi connectivity index (χ4n) is 2.34. The van der Waals surface area contributed by atoms with E-state index in [0.29, 0.717) is 25.9 Å². The number of hydrogen-bond acceptors (Lipinski definition) is 3. The van der Waals surface area contributed by atoms with Gasteiger partial charge in [-0.05, 0) is 26.2 Å². The molecule has 2 atom stereocenters. The molecule has 0 heterocycles. The van der Waals surface area contributed by atoms with Gasteiger partial charge < -0.3 is 20.4 Å². The maximum atomic E-state index is 11.9. The highest BCUT2D eigenvalue weighted by Crippen LogP contribution is 2.24. The molecule has 0 aromatic rings. The molecule has 6 nitrogen and oxygen atoms in total.